The van der Waals surface area contributed by atoms with Crippen LogP contribution in [-0.2, 0) is 6.54 Å². The number of ether oxygens (including phenoxy) is 1. The minimum Gasteiger partial charge on any atom is -0.479 e. The van der Waals surface area contributed by atoms with E-state index in [9.17, 15) is 0 Å². The first-order chi connectivity index (χ1) is 8.77. The highest BCUT2D eigenvalue weighted by Gasteiger charge is 2.13. The van der Waals surface area contributed by atoms with Gasteiger partial charge in [-0.3, -0.25) is 4.57 Å². The SMILES string of the molecule is CCSCCCn1c(N)nc2c(OC)ncnc21. The first kappa shape index (κ1) is 12.9. The van der Waals surface area contributed by atoms with Gasteiger partial charge in [0, 0.05) is 6.54 Å². The highest BCUT2D eigenvalue weighted by atomic mass is 32.2. The lowest BCUT2D eigenvalue weighted by molar-refractivity contribution is 0.401. The van der Waals surface area contributed by atoms with Crippen molar-refractivity contribution in [1.29, 1.82) is 0 Å². The summed E-state index contributed by atoms with van der Waals surface area (Å²) >= 11 is 1.92. The number of nitrogens with zero attached hydrogens (tertiary/aromatic N) is 4. The number of hydrogen-bond acceptors (Lipinski definition) is 6. The van der Waals surface area contributed by atoms with Gasteiger partial charge in [0.15, 0.2) is 11.2 Å². The van der Waals surface area contributed by atoms with Crippen LogP contribution in [0.4, 0.5) is 5.95 Å². The normalized spacial score (nSPS) is 11.0. The summed E-state index contributed by atoms with van der Waals surface area (Å²) in [7, 11) is 1.56. The van der Waals surface area contributed by atoms with Crippen molar-refractivity contribution in [2.24, 2.45) is 0 Å². The molecule has 0 atom stereocenters. The zero-order chi connectivity index (χ0) is 13.0. The average Bonchev–Trinajstić information content (AvgIpc) is 2.70. The number of anilines is 1. The molecule has 0 aromatic carbocycles. The maximum absolute atomic E-state index is 5.91. The zero-order valence-electron chi connectivity index (χ0n) is 10.6. The van der Waals surface area contributed by atoms with E-state index in [1.807, 2.05) is 16.3 Å². The molecule has 0 fully saturated rings. The van der Waals surface area contributed by atoms with Gasteiger partial charge in [-0.2, -0.15) is 16.7 Å². The summed E-state index contributed by atoms with van der Waals surface area (Å²) in [6.45, 7) is 2.97. The molecule has 0 aliphatic rings. The maximum atomic E-state index is 5.91. The molecular weight excluding hydrogens is 250 g/mol. The molecular formula is C11H17N5OS. The fourth-order valence-corrected chi connectivity index (χ4v) is 2.39. The predicted molar refractivity (Wildman–Crippen MR) is 73.9 cm³/mol. The van der Waals surface area contributed by atoms with Crippen molar-refractivity contribution >= 4 is 28.9 Å². The number of rotatable bonds is 6. The van der Waals surface area contributed by atoms with Crippen LogP contribution in [0.1, 0.15) is 13.3 Å². The van der Waals surface area contributed by atoms with E-state index in [0.29, 0.717) is 17.3 Å². The topological polar surface area (TPSA) is 78.9 Å². The Kier molecular flexibility index (Phi) is 4.24. The number of thioether (sulfide) groups is 1. The second kappa shape index (κ2) is 5.90. The number of aryl methyl sites for hydroxylation is 1. The van der Waals surface area contributed by atoms with Crippen molar-refractivity contribution in [2.45, 2.75) is 19.9 Å². The van der Waals surface area contributed by atoms with Crippen molar-refractivity contribution in [1.82, 2.24) is 19.5 Å². The van der Waals surface area contributed by atoms with Crippen LogP contribution in [-0.4, -0.2) is 38.1 Å². The molecule has 98 valence electrons. The van der Waals surface area contributed by atoms with E-state index >= 15 is 0 Å². The minimum atomic E-state index is 0.463. The Bertz CT molecular complexity index is 527. The van der Waals surface area contributed by atoms with E-state index in [4.69, 9.17) is 10.5 Å². The molecule has 18 heavy (non-hydrogen) atoms. The van der Waals surface area contributed by atoms with Crippen LogP contribution in [0.2, 0.25) is 0 Å². The molecule has 0 amide bonds. The number of imidazole rings is 1. The van der Waals surface area contributed by atoms with Crippen LogP contribution in [0.3, 0.4) is 0 Å². The summed E-state index contributed by atoms with van der Waals surface area (Å²) in [4.78, 5) is 12.5. The minimum absolute atomic E-state index is 0.463. The van der Waals surface area contributed by atoms with Crippen LogP contribution in [0.15, 0.2) is 6.33 Å². The van der Waals surface area contributed by atoms with E-state index in [1.54, 1.807) is 7.11 Å². The molecule has 2 rings (SSSR count). The van der Waals surface area contributed by atoms with E-state index in [2.05, 4.69) is 21.9 Å². The summed E-state index contributed by atoms with van der Waals surface area (Å²) < 4.78 is 7.06. The van der Waals surface area contributed by atoms with Gasteiger partial charge >= 0.3 is 0 Å². The van der Waals surface area contributed by atoms with E-state index in [1.165, 1.54) is 6.33 Å². The molecule has 0 saturated carbocycles. The molecule has 0 unspecified atom stereocenters. The average molecular weight is 267 g/mol. The van der Waals surface area contributed by atoms with Gasteiger partial charge in [-0.05, 0) is 17.9 Å². The molecule has 2 aromatic rings. The molecule has 0 aliphatic carbocycles. The summed E-state index contributed by atoms with van der Waals surface area (Å²) in [6, 6.07) is 0. The Labute approximate surface area is 110 Å². The van der Waals surface area contributed by atoms with Crippen molar-refractivity contribution in [3.05, 3.63) is 6.33 Å². The predicted octanol–water partition coefficient (Wildman–Crippen LogP) is 1.56. The lowest BCUT2D eigenvalue weighted by atomic mass is 10.4. The van der Waals surface area contributed by atoms with Gasteiger partial charge < -0.3 is 10.5 Å². The fraction of sp³-hybridized carbons (Fsp3) is 0.545. The maximum Gasteiger partial charge on any atom is 0.245 e. The van der Waals surface area contributed by atoms with E-state index < -0.39 is 0 Å². The summed E-state index contributed by atoms with van der Waals surface area (Å²) in [6.07, 6.45) is 2.51. The number of nitrogen functional groups attached to an aromatic ring is 1. The van der Waals surface area contributed by atoms with Crippen LogP contribution in [0, 0.1) is 0 Å². The van der Waals surface area contributed by atoms with E-state index in [-0.39, 0.29) is 0 Å². The van der Waals surface area contributed by atoms with Crippen LogP contribution < -0.4 is 10.5 Å². The fourth-order valence-electron chi connectivity index (χ4n) is 1.77. The first-order valence-corrected chi connectivity index (χ1v) is 7.01. The number of fused-ring (bicyclic) bond motifs is 1. The van der Waals surface area contributed by atoms with Gasteiger partial charge in [0.25, 0.3) is 0 Å². The highest BCUT2D eigenvalue weighted by Crippen LogP contribution is 2.23. The molecule has 2 aromatic heterocycles. The monoisotopic (exact) mass is 267 g/mol. The summed E-state index contributed by atoms with van der Waals surface area (Å²) in [5.74, 6) is 3.17. The molecule has 2 N–H and O–H groups in total. The van der Waals surface area contributed by atoms with Gasteiger partial charge in [-0.15, -0.1) is 0 Å². The van der Waals surface area contributed by atoms with Crippen molar-refractivity contribution < 1.29 is 4.74 Å². The highest BCUT2D eigenvalue weighted by molar-refractivity contribution is 7.99. The summed E-state index contributed by atoms with van der Waals surface area (Å²) in [5, 5.41) is 0. The van der Waals surface area contributed by atoms with Gasteiger partial charge in [0.2, 0.25) is 11.8 Å². The van der Waals surface area contributed by atoms with Crippen LogP contribution in [0.5, 0.6) is 5.88 Å². The number of hydrogen-bond donors (Lipinski definition) is 1. The Hall–Kier alpha value is -1.50. The lowest BCUT2D eigenvalue weighted by Gasteiger charge is -2.05. The van der Waals surface area contributed by atoms with Gasteiger partial charge in [0.05, 0.1) is 7.11 Å². The molecule has 0 spiro atoms. The molecule has 0 radical (unpaired) electrons. The third kappa shape index (κ3) is 2.50. The third-order valence-corrected chi connectivity index (χ3v) is 3.58. The van der Waals surface area contributed by atoms with Crippen LogP contribution >= 0.6 is 11.8 Å². The standard InChI is InChI=1S/C11H17N5OS/c1-3-18-6-4-5-16-9-8(15-11(16)12)10(17-2)14-7-13-9/h7H,3-6H2,1-2H3,(H2,12,15). The molecule has 7 heteroatoms. The second-order valence-corrected chi connectivity index (χ2v) is 5.12. The Morgan fingerprint density at radius 1 is 1.44 bits per heavy atom. The smallest absolute Gasteiger partial charge is 0.245 e. The Morgan fingerprint density at radius 2 is 2.28 bits per heavy atom. The van der Waals surface area contributed by atoms with Gasteiger partial charge in [-0.25, -0.2) is 9.97 Å². The second-order valence-electron chi connectivity index (χ2n) is 3.73. The van der Waals surface area contributed by atoms with Gasteiger partial charge in [-0.1, -0.05) is 6.92 Å². The Morgan fingerprint density at radius 3 is 3.00 bits per heavy atom. The molecule has 2 heterocycles. The molecule has 0 saturated heterocycles. The largest absolute Gasteiger partial charge is 0.479 e. The Balaban J connectivity index is 2.24. The van der Waals surface area contributed by atoms with Crippen molar-refractivity contribution in [3.8, 4) is 5.88 Å². The first-order valence-electron chi connectivity index (χ1n) is 5.86. The number of aromatic nitrogens is 4. The zero-order valence-corrected chi connectivity index (χ0v) is 11.4. The summed E-state index contributed by atoms with van der Waals surface area (Å²) in [5.41, 5.74) is 7.28. The molecule has 0 aliphatic heterocycles. The molecule has 6 nitrogen and oxygen atoms in total. The third-order valence-electron chi connectivity index (χ3n) is 2.60. The van der Waals surface area contributed by atoms with Crippen molar-refractivity contribution in [2.75, 3.05) is 24.3 Å². The quantitative estimate of drug-likeness (QED) is 0.800. The number of methoxy groups -OCH3 is 1. The van der Waals surface area contributed by atoms with E-state index in [0.717, 1.165) is 30.1 Å². The molecule has 0 bridgehead atoms. The van der Waals surface area contributed by atoms with Crippen LogP contribution in [0.25, 0.3) is 11.2 Å². The number of nitrogens with two attached hydrogens (primary N) is 1. The van der Waals surface area contributed by atoms with Gasteiger partial charge in [0.1, 0.15) is 6.33 Å². The lowest BCUT2D eigenvalue weighted by Crippen LogP contribution is -2.05. The van der Waals surface area contributed by atoms with Crippen molar-refractivity contribution in [3.63, 3.8) is 0 Å².